The molecule has 3 aromatic carbocycles. The van der Waals surface area contributed by atoms with E-state index in [9.17, 15) is 9.90 Å². The Hall–Kier alpha value is -4.20. The van der Waals surface area contributed by atoms with Gasteiger partial charge < -0.3 is 14.6 Å². The van der Waals surface area contributed by atoms with Gasteiger partial charge >= 0.3 is 0 Å². The Balaban J connectivity index is 1.39. The molecule has 1 amide bonds. The van der Waals surface area contributed by atoms with Crippen LogP contribution in [0.4, 0.5) is 11.4 Å². The molecule has 1 aliphatic rings. The van der Waals surface area contributed by atoms with Crippen LogP contribution in [0.1, 0.15) is 5.56 Å². The standard InChI is InChI=1S/C22H18N4O4/c27-18-11-10-17(25-24-16-6-2-1-3-7-16)12-15(18)13-23-26-22(28)21-14-29-19-8-4-5-9-20(19)30-21/h1-13,21,27H,14H2,(H,26,28)/b23-13+,25-24?/t21-/m1/s1. The molecule has 4 rings (SSSR count). The van der Waals surface area contributed by atoms with Gasteiger partial charge in [0.1, 0.15) is 12.4 Å². The van der Waals surface area contributed by atoms with Crippen LogP contribution in [0.15, 0.2) is 88.1 Å². The Morgan fingerprint density at radius 3 is 2.53 bits per heavy atom. The summed E-state index contributed by atoms with van der Waals surface area (Å²) >= 11 is 0. The lowest BCUT2D eigenvalue weighted by molar-refractivity contribution is -0.130. The van der Waals surface area contributed by atoms with Gasteiger partial charge in [0.25, 0.3) is 5.91 Å². The quantitative estimate of drug-likeness (QED) is 0.381. The number of nitrogens with one attached hydrogen (secondary N) is 1. The number of para-hydroxylation sites is 2. The maximum Gasteiger partial charge on any atom is 0.284 e. The van der Waals surface area contributed by atoms with Gasteiger partial charge in [-0.1, -0.05) is 30.3 Å². The number of rotatable bonds is 5. The normalized spacial score (nSPS) is 15.4. The van der Waals surface area contributed by atoms with Crippen LogP contribution in [-0.2, 0) is 4.79 Å². The van der Waals surface area contributed by atoms with Crippen molar-refractivity contribution in [1.29, 1.82) is 0 Å². The van der Waals surface area contributed by atoms with Gasteiger partial charge in [0, 0.05) is 5.56 Å². The highest BCUT2D eigenvalue weighted by atomic mass is 16.6. The van der Waals surface area contributed by atoms with Gasteiger partial charge in [0.2, 0.25) is 6.10 Å². The van der Waals surface area contributed by atoms with Gasteiger partial charge in [0.15, 0.2) is 11.5 Å². The molecular formula is C22H18N4O4. The van der Waals surface area contributed by atoms with Crippen LogP contribution in [0.3, 0.4) is 0 Å². The molecule has 150 valence electrons. The molecule has 0 bridgehead atoms. The molecule has 3 aromatic rings. The van der Waals surface area contributed by atoms with E-state index in [1.807, 2.05) is 36.4 Å². The summed E-state index contributed by atoms with van der Waals surface area (Å²) in [5.74, 6) is 0.636. The van der Waals surface area contributed by atoms with Crippen LogP contribution in [0, 0.1) is 0 Å². The number of nitrogens with zero attached hydrogens (tertiary/aromatic N) is 3. The van der Waals surface area contributed by atoms with Crippen molar-refractivity contribution in [3.8, 4) is 17.2 Å². The second kappa shape index (κ2) is 8.87. The first kappa shape index (κ1) is 19.1. The van der Waals surface area contributed by atoms with E-state index in [0.29, 0.717) is 28.4 Å². The number of azo groups is 1. The summed E-state index contributed by atoms with van der Waals surface area (Å²) in [5, 5.41) is 22.2. The van der Waals surface area contributed by atoms with Crippen LogP contribution in [0.25, 0.3) is 0 Å². The first-order chi connectivity index (χ1) is 14.7. The van der Waals surface area contributed by atoms with Gasteiger partial charge in [-0.2, -0.15) is 15.3 Å². The summed E-state index contributed by atoms with van der Waals surface area (Å²) < 4.78 is 11.1. The van der Waals surface area contributed by atoms with Crippen LogP contribution in [-0.4, -0.2) is 29.9 Å². The van der Waals surface area contributed by atoms with Crippen molar-refractivity contribution in [3.05, 3.63) is 78.4 Å². The van der Waals surface area contributed by atoms with Crippen molar-refractivity contribution >= 4 is 23.5 Å². The molecule has 0 aliphatic carbocycles. The first-order valence-corrected chi connectivity index (χ1v) is 9.20. The molecule has 8 heteroatoms. The number of hydrogen-bond donors (Lipinski definition) is 2. The molecule has 8 nitrogen and oxygen atoms in total. The van der Waals surface area contributed by atoms with Crippen LogP contribution >= 0.6 is 0 Å². The lowest BCUT2D eigenvalue weighted by Gasteiger charge is -2.24. The molecule has 0 fully saturated rings. The zero-order valence-electron chi connectivity index (χ0n) is 15.8. The Kier molecular flexibility index (Phi) is 5.66. The average molecular weight is 402 g/mol. The molecule has 0 saturated carbocycles. The topological polar surface area (TPSA) is 105 Å². The summed E-state index contributed by atoms with van der Waals surface area (Å²) in [6, 6.07) is 21.1. The highest BCUT2D eigenvalue weighted by Crippen LogP contribution is 2.30. The number of fused-ring (bicyclic) bond motifs is 1. The number of carbonyl (C=O) groups excluding carboxylic acids is 1. The lowest BCUT2D eigenvalue weighted by atomic mass is 10.2. The van der Waals surface area contributed by atoms with E-state index >= 15 is 0 Å². The van der Waals surface area contributed by atoms with E-state index in [1.54, 1.807) is 30.3 Å². The molecule has 0 unspecified atom stereocenters. The molecule has 1 aliphatic heterocycles. The summed E-state index contributed by atoms with van der Waals surface area (Å²) in [6.07, 6.45) is 0.503. The predicted octanol–water partition coefficient (Wildman–Crippen LogP) is 4.10. The molecular weight excluding hydrogens is 384 g/mol. The van der Waals surface area contributed by atoms with Gasteiger partial charge in [-0.15, -0.1) is 0 Å². The number of phenols is 1. The molecule has 1 atom stereocenters. The zero-order chi connectivity index (χ0) is 20.8. The van der Waals surface area contributed by atoms with Gasteiger partial charge in [0.05, 0.1) is 17.6 Å². The van der Waals surface area contributed by atoms with Crippen molar-refractivity contribution in [2.24, 2.45) is 15.3 Å². The summed E-state index contributed by atoms with van der Waals surface area (Å²) in [6.45, 7) is 0.0823. The zero-order valence-corrected chi connectivity index (χ0v) is 15.8. The number of aromatic hydroxyl groups is 1. The highest BCUT2D eigenvalue weighted by molar-refractivity contribution is 5.87. The minimum atomic E-state index is -0.823. The van der Waals surface area contributed by atoms with Crippen LogP contribution < -0.4 is 14.9 Å². The summed E-state index contributed by atoms with van der Waals surface area (Å²) in [4.78, 5) is 12.3. The summed E-state index contributed by atoms with van der Waals surface area (Å²) in [7, 11) is 0. The Morgan fingerprint density at radius 2 is 1.70 bits per heavy atom. The Labute approximate surface area is 172 Å². The second-order valence-electron chi connectivity index (χ2n) is 6.38. The van der Waals surface area contributed by atoms with Crippen molar-refractivity contribution in [2.45, 2.75) is 6.10 Å². The number of benzene rings is 3. The molecule has 1 heterocycles. The molecule has 0 spiro atoms. The minimum absolute atomic E-state index is 0.00200. The van der Waals surface area contributed by atoms with E-state index in [1.165, 1.54) is 12.3 Å². The second-order valence-corrected chi connectivity index (χ2v) is 6.38. The average Bonchev–Trinajstić information content (AvgIpc) is 2.79. The fourth-order valence-corrected chi connectivity index (χ4v) is 2.70. The number of ether oxygens (including phenoxy) is 2. The van der Waals surface area contributed by atoms with Gasteiger partial charge in [-0.05, 0) is 42.5 Å². The molecule has 0 saturated heterocycles. The van der Waals surface area contributed by atoms with Crippen LogP contribution in [0.2, 0.25) is 0 Å². The van der Waals surface area contributed by atoms with Crippen molar-refractivity contribution in [1.82, 2.24) is 5.43 Å². The van der Waals surface area contributed by atoms with Crippen molar-refractivity contribution in [2.75, 3.05) is 6.61 Å². The largest absolute Gasteiger partial charge is 0.507 e. The Bertz CT molecular complexity index is 1100. The fraction of sp³-hybridized carbons (Fsp3) is 0.0909. The third kappa shape index (κ3) is 4.61. The number of carbonyl (C=O) groups is 1. The SMILES string of the molecule is O=C(N/N=C/c1cc(N=Nc2ccccc2)ccc1O)[C@H]1COc2ccccc2O1. The van der Waals surface area contributed by atoms with Gasteiger partial charge in [-0.25, -0.2) is 5.43 Å². The molecule has 0 aromatic heterocycles. The molecule has 30 heavy (non-hydrogen) atoms. The predicted molar refractivity (Wildman–Crippen MR) is 111 cm³/mol. The summed E-state index contributed by atoms with van der Waals surface area (Å²) in [5.41, 5.74) is 4.02. The third-order valence-corrected chi connectivity index (χ3v) is 4.23. The number of hydrazone groups is 1. The van der Waals surface area contributed by atoms with Crippen LogP contribution in [0.5, 0.6) is 17.2 Å². The van der Waals surface area contributed by atoms with E-state index < -0.39 is 12.0 Å². The number of amides is 1. The smallest absolute Gasteiger partial charge is 0.284 e. The lowest BCUT2D eigenvalue weighted by Crippen LogP contribution is -2.42. The monoisotopic (exact) mass is 402 g/mol. The fourth-order valence-electron chi connectivity index (χ4n) is 2.70. The van der Waals surface area contributed by atoms with Crippen molar-refractivity contribution in [3.63, 3.8) is 0 Å². The van der Waals surface area contributed by atoms with E-state index in [0.717, 1.165) is 0 Å². The van der Waals surface area contributed by atoms with Gasteiger partial charge in [-0.3, -0.25) is 4.79 Å². The van der Waals surface area contributed by atoms with E-state index in [-0.39, 0.29) is 12.4 Å². The van der Waals surface area contributed by atoms with E-state index in [2.05, 4.69) is 20.8 Å². The molecule has 0 radical (unpaired) electrons. The molecule has 2 N–H and O–H groups in total. The number of phenolic OH excluding ortho intramolecular Hbond substituents is 1. The minimum Gasteiger partial charge on any atom is -0.507 e. The first-order valence-electron chi connectivity index (χ1n) is 9.20. The van der Waals surface area contributed by atoms with Crippen molar-refractivity contribution < 1.29 is 19.4 Å². The number of hydrogen-bond acceptors (Lipinski definition) is 7. The highest BCUT2D eigenvalue weighted by Gasteiger charge is 2.26. The third-order valence-electron chi connectivity index (χ3n) is 4.23. The maximum atomic E-state index is 12.3. The Morgan fingerprint density at radius 1 is 0.967 bits per heavy atom. The van der Waals surface area contributed by atoms with E-state index in [4.69, 9.17) is 9.47 Å². The maximum absolute atomic E-state index is 12.3.